The lowest BCUT2D eigenvalue weighted by atomic mass is 10.0. The molecule has 2 N–H and O–H groups in total. The Labute approximate surface area is 157 Å². The number of nitrogens with zero attached hydrogens (tertiary/aromatic N) is 1. The lowest BCUT2D eigenvalue weighted by molar-refractivity contribution is -0.116. The number of thiazole rings is 1. The second-order valence-electron chi connectivity index (χ2n) is 7.32. The Morgan fingerprint density at radius 1 is 1.31 bits per heavy atom. The predicted octanol–water partition coefficient (Wildman–Crippen LogP) is 4.08. The van der Waals surface area contributed by atoms with Gasteiger partial charge < -0.3 is 10.6 Å². The van der Waals surface area contributed by atoms with Crippen molar-refractivity contribution in [2.45, 2.75) is 44.4 Å². The molecule has 1 unspecified atom stereocenters. The highest BCUT2D eigenvalue weighted by Gasteiger charge is 2.30. The maximum atomic E-state index is 14.0. The summed E-state index contributed by atoms with van der Waals surface area (Å²) in [5.41, 5.74) is 1.73. The first-order chi connectivity index (χ1) is 12.7. The van der Waals surface area contributed by atoms with Gasteiger partial charge in [0, 0.05) is 23.6 Å². The number of carbonyl (C=O) groups is 1. The maximum absolute atomic E-state index is 14.0. The molecule has 1 aliphatic carbocycles. The van der Waals surface area contributed by atoms with Gasteiger partial charge in [-0.05, 0) is 56.3 Å². The highest BCUT2D eigenvalue weighted by Crippen LogP contribution is 2.44. The molecule has 2 heterocycles. The van der Waals surface area contributed by atoms with Gasteiger partial charge >= 0.3 is 0 Å². The number of anilines is 1. The van der Waals surface area contributed by atoms with Crippen molar-refractivity contribution in [1.29, 1.82) is 0 Å². The summed E-state index contributed by atoms with van der Waals surface area (Å²) in [5.74, 6) is 0.933. The molecule has 6 heteroatoms. The van der Waals surface area contributed by atoms with E-state index in [0.29, 0.717) is 35.4 Å². The summed E-state index contributed by atoms with van der Waals surface area (Å²) >= 11 is 1.50. The summed E-state index contributed by atoms with van der Waals surface area (Å²) in [6, 6.07) is 6.88. The normalized spacial score (nSPS) is 19.7. The number of benzene rings is 1. The van der Waals surface area contributed by atoms with Gasteiger partial charge in [0.25, 0.3) is 0 Å². The van der Waals surface area contributed by atoms with Gasteiger partial charge in [-0.25, -0.2) is 9.37 Å². The maximum Gasteiger partial charge on any atom is 0.226 e. The molecule has 26 heavy (non-hydrogen) atoms. The van der Waals surface area contributed by atoms with Gasteiger partial charge in [-0.2, -0.15) is 0 Å². The molecule has 2 aromatic rings. The van der Waals surface area contributed by atoms with E-state index in [-0.39, 0.29) is 11.7 Å². The number of amides is 1. The lowest BCUT2D eigenvalue weighted by Crippen LogP contribution is -2.14. The predicted molar refractivity (Wildman–Crippen MR) is 102 cm³/mol. The zero-order valence-corrected chi connectivity index (χ0v) is 15.6. The molecule has 1 atom stereocenters. The summed E-state index contributed by atoms with van der Waals surface area (Å²) in [6.45, 7) is 2.08. The third-order valence-electron chi connectivity index (χ3n) is 5.19. The van der Waals surface area contributed by atoms with Gasteiger partial charge in [0.15, 0.2) is 5.13 Å². The van der Waals surface area contributed by atoms with Crippen molar-refractivity contribution in [3.8, 4) is 0 Å². The van der Waals surface area contributed by atoms with Gasteiger partial charge in [0.05, 0.1) is 5.69 Å². The van der Waals surface area contributed by atoms with Gasteiger partial charge in [0.1, 0.15) is 5.82 Å². The van der Waals surface area contributed by atoms with E-state index in [0.717, 1.165) is 49.3 Å². The van der Waals surface area contributed by atoms with Crippen molar-refractivity contribution in [2.24, 2.45) is 5.92 Å². The Bertz CT molecular complexity index is 781. The van der Waals surface area contributed by atoms with Gasteiger partial charge in [-0.1, -0.05) is 18.2 Å². The van der Waals surface area contributed by atoms with E-state index in [9.17, 15) is 9.18 Å². The molecule has 0 radical (unpaired) electrons. The number of rotatable bonds is 7. The number of aromatic nitrogens is 1. The van der Waals surface area contributed by atoms with Crippen molar-refractivity contribution in [3.63, 3.8) is 0 Å². The van der Waals surface area contributed by atoms with Crippen LogP contribution in [-0.2, 0) is 11.2 Å². The van der Waals surface area contributed by atoms with E-state index < -0.39 is 0 Å². The zero-order chi connectivity index (χ0) is 17.9. The Kier molecular flexibility index (Phi) is 5.31. The molecule has 1 amide bonds. The Hall–Kier alpha value is -1.79. The lowest BCUT2D eigenvalue weighted by Gasteiger charge is -2.07. The molecule has 4 nitrogen and oxygen atoms in total. The van der Waals surface area contributed by atoms with Gasteiger partial charge in [-0.15, -0.1) is 11.3 Å². The Balaban J connectivity index is 1.42. The van der Waals surface area contributed by atoms with E-state index in [4.69, 9.17) is 0 Å². The van der Waals surface area contributed by atoms with Crippen molar-refractivity contribution < 1.29 is 9.18 Å². The smallest absolute Gasteiger partial charge is 0.226 e. The van der Waals surface area contributed by atoms with Crippen LogP contribution in [0.4, 0.5) is 9.52 Å². The standard InChI is InChI=1S/C20H24FN3OS/c21-16-4-2-1-3-15(16)11-17-19(14-6-7-14)24-20(26-17)23-18(25)8-5-13-9-10-22-12-13/h1-4,13-14,22H,5-12H2,(H,23,24,25). The molecule has 1 saturated carbocycles. The molecule has 1 saturated heterocycles. The summed E-state index contributed by atoms with van der Waals surface area (Å²) < 4.78 is 14.0. The average molecular weight is 373 g/mol. The highest BCUT2D eigenvalue weighted by molar-refractivity contribution is 7.15. The van der Waals surface area contributed by atoms with E-state index >= 15 is 0 Å². The first-order valence-electron chi connectivity index (χ1n) is 9.42. The number of hydrogen-bond acceptors (Lipinski definition) is 4. The highest BCUT2D eigenvalue weighted by atomic mass is 32.1. The number of halogens is 1. The first kappa shape index (κ1) is 17.6. The average Bonchev–Trinajstić information content (AvgIpc) is 3.19. The molecular formula is C20H24FN3OS. The fourth-order valence-electron chi connectivity index (χ4n) is 3.51. The summed E-state index contributed by atoms with van der Waals surface area (Å²) in [4.78, 5) is 18.0. The van der Waals surface area contributed by atoms with Crippen LogP contribution in [-0.4, -0.2) is 24.0 Å². The molecule has 2 aliphatic rings. The van der Waals surface area contributed by atoms with Crippen molar-refractivity contribution >= 4 is 22.4 Å². The minimum absolute atomic E-state index is 0.0328. The number of hydrogen-bond donors (Lipinski definition) is 2. The molecule has 2 fully saturated rings. The van der Waals surface area contributed by atoms with Gasteiger partial charge in [0.2, 0.25) is 5.91 Å². The first-order valence-corrected chi connectivity index (χ1v) is 10.2. The second-order valence-corrected chi connectivity index (χ2v) is 8.40. The minimum Gasteiger partial charge on any atom is -0.316 e. The third kappa shape index (κ3) is 4.30. The minimum atomic E-state index is -0.182. The molecule has 0 spiro atoms. The van der Waals surface area contributed by atoms with Crippen LogP contribution in [0, 0.1) is 11.7 Å². The third-order valence-corrected chi connectivity index (χ3v) is 6.18. The SMILES string of the molecule is O=C(CCC1CCNC1)Nc1nc(C2CC2)c(Cc2ccccc2F)s1. The van der Waals surface area contributed by atoms with E-state index in [2.05, 4.69) is 15.6 Å². The van der Waals surface area contributed by atoms with Crippen LogP contribution in [0.2, 0.25) is 0 Å². The van der Waals surface area contributed by atoms with Crippen LogP contribution in [0.25, 0.3) is 0 Å². The van der Waals surface area contributed by atoms with Crippen LogP contribution in [0.1, 0.15) is 54.2 Å². The summed E-state index contributed by atoms with van der Waals surface area (Å²) in [6.07, 6.45) is 5.42. The van der Waals surface area contributed by atoms with E-state index in [1.807, 2.05) is 12.1 Å². The molecule has 4 rings (SSSR count). The fourth-order valence-corrected chi connectivity index (χ4v) is 4.60. The molecule has 1 aromatic carbocycles. The summed E-state index contributed by atoms with van der Waals surface area (Å²) in [5, 5.41) is 6.96. The number of carbonyl (C=O) groups excluding carboxylic acids is 1. The molecule has 1 aliphatic heterocycles. The number of nitrogens with one attached hydrogen (secondary N) is 2. The van der Waals surface area contributed by atoms with Crippen LogP contribution >= 0.6 is 11.3 Å². The van der Waals surface area contributed by atoms with E-state index in [1.54, 1.807) is 6.07 Å². The van der Waals surface area contributed by atoms with Crippen molar-refractivity contribution in [2.75, 3.05) is 18.4 Å². The zero-order valence-electron chi connectivity index (χ0n) is 14.8. The molecule has 1 aromatic heterocycles. The van der Waals surface area contributed by atoms with Gasteiger partial charge in [-0.3, -0.25) is 4.79 Å². The van der Waals surface area contributed by atoms with Crippen LogP contribution in [0.15, 0.2) is 24.3 Å². The molecule has 0 bridgehead atoms. The second kappa shape index (κ2) is 7.84. The Morgan fingerprint density at radius 2 is 2.15 bits per heavy atom. The monoisotopic (exact) mass is 373 g/mol. The topological polar surface area (TPSA) is 54.0 Å². The Morgan fingerprint density at radius 3 is 2.88 bits per heavy atom. The van der Waals surface area contributed by atoms with Crippen LogP contribution in [0.5, 0.6) is 0 Å². The quantitative estimate of drug-likeness (QED) is 0.769. The largest absolute Gasteiger partial charge is 0.316 e. The molecule has 138 valence electrons. The van der Waals surface area contributed by atoms with E-state index in [1.165, 1.54) is 17.4 Å². The van der Waals surface area contributed by atoms with Crippen LogP contribution in [0.3, 0.4) is 0 Å². The molecular weight excluding hydrogens is 349 g/mol. The van der Waals surface area contributed by atoms with Crippen molar-refractivity contribution in [1.82, 2.24) is 10.3 Å². The summed E-state index contributed by atoms with van der Waals surface area (Å²) in [7, 11) is 0. The fraction of sp³-hybridized carbons (Fsp3) is 0.500. The van der Waals surface area contributed by atoms with Crippen LogP contribution < -0.4 is 10.6 Å². The van der Waals surface area contributed by atoms with Crippen molar-refractivity contribution in [3.05, 3.63) is 46.2 Å².